The third kappa shape index (κ3) is 3.44. The molecule has 2 rings (SSSR count). The molecule has 1 amide bonds. The number of carbonyl (C=O) groups is 1. The highest BCUT2D eigenvalue weighted by Gasteiger charge is 2.18. The van der Waals surface area contributed by atoms with Gasteiger partial charge in [-0.3, -0.25) is 4.79 Å². The fraction of sp³-hybridized carbons (Fsp3) is 0.188. The first-order valence-electron chi connectivity index (χ1n) is 6.45. The van der Waals surface area contributed by atoms with Gasteiger partial charge in [0.2, 0.25) is 0 Å². The summed E-state index contributed by atoms with van der Waals surface area (Å²) in [7, 11) is 0. The minimum atomic E-state index is -0.930. The molecule has 2 aromatic carbocycles. The van der Waals surface area contributed by atoms with Crippen LogP contribution in [0.5, 0.6) is 0 Å². The van der Waals surface area contributed by atoms with Gasteiger partial charge in [0.25, 0.3) is 5.91 Å². The number of aliphatic hydroxyl groups is 1. The van der Waals surface area contributed by atoms with Gasteiger partial charge in [-0.15, -0.1) is 0 Å². The van der Waals surface area contributed by atoms with E-state index >= 15 is 0 Å². The standard InChI is InChI=1S/C16H15F2NO2/c1-10-7-12(14(18)8-13(10)17)16(21)19-15(9-20)11-5-3-2-4-6-11/h2-8,15,20H,9H2,1H3,(H,19,21)/t15-/m1/s1. The van der Waals surface area contributed by atoms with Crippen LogP contribution in [-0.4, -0.2) is 17.6 Å². The Morgan fingerprint density at radius 1 is 1.19 bits per heavy atom. The molecule has 110 valence electrons. The smallest absolute Gasteiger partial charge is 0.254 e. The van der Waals surface area contributed by atoms with Crippen LogP contribution < -0.4 is 5.32 Å². The largest absolute Gasteiger partial charge is 0.394 e. The number of halogens is 2. The van der Waals surface area contributed by atoms with Gasteiger partial charge in [-0.25, -0.2) is 8.78 Å². The molecule has 0 spiro atoms. The fourth-order valence-electron chi connectivity index (χ4n) is 1.99. The van der Waals surface area contributed by atoms with E-state index in [1.54, 1.807) is 24.3 Å². The van der Waals surface area contributed by atoms with Crippen molar-refractivity contribution in [2.45, 2.75) is 13.0 Å². The van der Waals surface area contributed by atoms with Gasteiger partial charge < -0.3 is 10.4 Å². The Morgan fingerprint density at radius 2 is 1.86 bits per heavy atom. The van der Waals surface area contributed by atoms with Crippen LogP contribution >= 0.6 is 0 Å². The lowest BCUT2D eigenvalue weighted by Crippen LogP contribution is -2.31. The van der Waals surface area contributed by atoms with Crippen molar-refractivity contribution in [2.24, 2.45) is 0 Å². The molecule has 0 aliphatic carbocycles. The summed E-state index contributed by atoms with van der Waals surface area (Å²) in [6.45, 7) is 1.13. The lowest BCUT2D eigenvalue weighted by atomic mass is 10.1. The van der Waals surface area contributed by atoms with Crippen LogP contribution in [0, 0.1) is 18.6 Å². The molecule has 0 heterocycles. The first-order chi connectivity index (χ1) is 10.0. The predicted molar refractivity (Wildman–Crippen MR) is 74.8 cm³/mol. The van der Waals surface area contributed by atoms with E-state index in [4.69, 9.17) is 0 Å². The van der Waals surface area contributed by atoms with Gasteiger partial charge in [0.15, 0.2) is 0 Å². The van der Waals surface area contributed by atoms with Crippen molar-refractivity contribution < 1.29 is 18.7 Å². The molecule has 2 N–H and O–H groups in total. The van der Waals surface area contributed by atoms with Gasteiger partial charge in [-0.1, -0.05) is 30.3 Å². The number of rotatable bonds is 4. The average molecular weight is 291 g/mol. The predicted octanol–water partition coefficient (Wildman–Crippen LogP) is 2.74. The highest BCUT2D eigenvalue weighted by Crippen LogP contribution is 2.17. The Hall–Kier alpha value is -2.27. The molecule has 1 atom stereocenters. The molecule has 2 aromatic rings. The van der Waals surface area contributed by atoms with Crippen molar-refractivity contribution in [1.29, 1.82) is 0 Å². The molecule has 0 aliphatic rings. The second kappa shape index (κ2) is 6.45. The monoisotopic (exact) mass is 291 g/mol. The topological polar surface area (TPSA) is 49.3 Å². The highest BCUT2D eigenvalue weighted by atomic mass is 19.1. The van der Waals surface area contributed by atoms with E-state index in [0.29, 0.717) is 11.6 Å². The van der Waals surface area contributed by atoms with Crippen LogP contribution in [0.2, 0.25) is 0 Å². The first kappa shape index (κ1) is 15.1. The third-order valence-corrected chi connectivity index (χ3v) is 3.18. The second-order valence-electron chi connectivity index (χ2n) is 4.70. The van der Waals surface area contributed by atoms with Crippen LogP contribution in [0.3, 0.4) is 0 Å². The summed E-state index contributed by atoms with van der Waals surface area (Å²) in [6.07, 6.45) is 0. The van der Waals surface area contributed by atoms with Crippen molar-refractivity contribution in [3.63, 3.8) is 0 Å². The average Bonchev–Trinajstić information content (AvgIpc) is 2.49. The van der Waals surface area contributed by atoms with E-state index in [1.807, 2.05) is 6.07 Å². The summed E-state index contributed by atoms with van der Waals surface area (Å²) in [5, 5.41) is 11.9. The summed E-state index contributed by atoms with van der Waals surface area (Å²) in [5.41, 5.74) is 0.637. The van der Waals surface area contributed by atoms with Crippen LogP contribution in [0.15, 0.2) is 42.5 Å². The maximum absolute atomic E-state index is 13.7. The molecule has 0 unspecified atom stereocenters. The normalized spacial score (nSPS) is 12.0. The Balaban J connectivity index is 2.23. The molecule has 0 saturated carbocycles. The Bertz CT molecular complexity index is 644. The van der Waals surface area contributed by atoms with E-state index in [1.165, 1.54) is 6.92 Å². The maximum Gasteiger partial charge on any atom is 0.254 e. The molecule has 0 saturated heterocycles. The summed E-state index contributed by atoms with van der Waals surface area (Å²) in [6, 6.07) is 10.0. The first-order valence-corrected chi connectivity index (χ1v) is 6.45. The Kier molecular flexibility index (Phi) is 4.65. The van der Waals surface area contributed by atoms with E-state index in [-0.39, 0.29) is 17.7 Å². The zero-order chi connectivity index (χ0) is 15.4. The third-order valence-electron chi connectivity index (χ3n) is 3.18. The number of carbonyl (C=O) groups excluding carboxylic acids is 1. The molecule has 21 heavy (non-hydrogen) atoms. The minimum Gasteiger partial charge on any atom is -0.394 e. The van der Waals surface area contributed by atoms with E-state index in [9.17, 15) is 18.7 Å². The van der Waals surface area contributed by atoms with Gasteiger partial charge in [0.1, 0.15) is 11.6 Å². The van der Waals surface area contributed by atoms with E-state index < -0.39 is 23.6 Å². The lowest BCUT2D eigenvalue weighted by Gasteiger charge is -2.17. The van der Waals surface area contributed by atoms with Gasteiger partial charge >= 0.3 is 0 Å². The Morgan fingerprint density at radius 3 is 2.48 bits per heavy atom. The molecule has 3 nitrogen and oxygen atoms in total. The van der Waals surface area contributed by atoms with Crippen molar-refractivity contribution in [1.82, 2.24) is 5.32 Å². The minimum absolute atomic E-state index is 0.182. The number of amides is 1. The molecule has 0 radical (unpaired) electrons. The highest BCUT2D eigenvalue weighted by molar-refractivity contribution is 5.95. The summed E-state index contributed by atoms with van der Waals surface area (Å²) in [4.78, 5) is 12.1. The summed E-state index contributed by atoms with van der Waals surface area (Å²) in [5.74, 6) is -2.33. The number of hydrogen-bond donors (Lipinski definition) is 2. The van der Waals surface area contributed by atoms with E-state index in [2.05, 4.69) is 5.32 Å². The van der Waals surface area contributed by atoms with Crippen molar-refractivity contribution in [3.8, 4) is 0 Å². The molecule has 5 heteroatoms. The van der Waals surface area contributed by atoms with Crippen molar-refractivity contribution >= 4 is 5.91 Å². The molecule has 0 fully saturated rings. The molecular weight excluding hydrogens is 276 g/mol. The van der Waals surface area contributed by atoms with Crippen LogP contribution in [0.25, 0.3) is 0 Å². The van der Waals surface area contributed by atoms with Gasteiger partial charge in [-0.2, -0.15) is 0 Å². The van der Waals surface area contributed by atoms with Crippen LogP contribution in [0.4, 0.5) is 8.78 Å². The molecule has 0 bridgehead atoms. The fourth-order valence-corrected chi connectivity index (χ4v) is 1.99. The summed E-state index contributed by atoms with van der Waals surface area (Å²) >= 11 is 0. The zero-order valence-corrected chi connectivity index (χ0v) is 11.4. The number of nitrogens with one attached hydrogen (secondary N) is 1. The van der Waals surface area contributed by atoms with Gasteiger partial charge in [0, 0.05) is 6.07 Å². The molecule has 0 aliphatic heterocycles. The number of hydrogen-bond acceptors (Lipinski definition) is 2. The number of aliphatic hydroxyl groups excluding tert-OH is 1. The number of benzene rings is 2. The van der Waals surface area contributed by atoms with Crippen molar-refractivity contribution in [2.75, 3.05) is 6.61 Å². The van der Waals surface area contributed by atoms with E-state index in [0.717, 1.165) is 6.07 Å². The number of aryl methyl sites for hydroxylation is 1. The quantitative estimate of drug-likeness (QED) is 0.910. The van der Waals surface area contributed by atoms with Crippen LogP contribution in [-0.2, 0) is 0 Å². The van der Waals surface area contributed by atoms with Gasteiger partial charge in [-0.05, 0) is 24.1 Å². The molecular formula is C16H15F2NO2. The summed E-state index contributed by atoms with van der Waals surface area (Å²) < 4.78 is 26.9. The molecule has 0 aromatic heterocycles. The lowest BCUT2D eigenvalue weighted by molar-refractivity contribution is 0.0912. The maximum atomic E-state index is 13.7. The van der Waals surface area contributed by atoms with Crippen molar-refractivity contribution in [3.05, 3.63) is 70.8 Å². The SMILES string of the molecule is Cc1cc(C(=O)N[C@H](CO)c2ccccc2)c(F)cc1F. The zero-order valence-electron chi connectivity index (χ0n) is 11.4. The van der Waals surface area contributed by atoms with Gasteiger partial charge in [0.05, 0.1) is 18.2 Å². The second-order valence-corrected chi connectivity index (χ2v) is 4.70. The van der Waals surface area contributed by atoms with Crippen LogP contribution in [0.1, 0.15) is 27.5 Å². The Labute approximate surface area is 121 Å².